The van der Waals surface area contributed by atoms with Crippen LogP contribution in [0.4, 0.5) is 0 Å². The Morgan fingerprint density at radius 2 is 1.89 bits per heavy atom. The normalized spacial score (nSPS) is 23.9. The summed E-state index contributed by atoms with van der Waals surface area (Å²) in [6.07, 6.45) is 5.47. The first kappa shape index (κ1) is 13.4. The largest absolute Gasteiger partial charge is 0.497 e. The van der Waals surface area contributed by atoms with Crippen molar-refractivity contribution < 1.29 is 4.74 Å². The number of methoxy groups -OCH3 is 1. The molecule has 0 amide bonds. The van der Waals surface area contributed by atoms with E-state index in [9.17, 15) is 0 Å². The molecular weight excluding hydrogens is 222 g/mol. The van der Waals surface area contributed by atoms with Crippen molar-refractivity contribution in [3.8, 4) is 5.75 Å². The smallest absolute Gasteiger partial charge is 0.118 e. The van der Waals surface area contributed by atoms with Gasteiger partial charge in [0.25, 0.3) is 0 Å². The molecule has 100 valence electrons. The first-order valence-electron chi connectivity index (χ1n) is 7.19. The van der Waals surface area contributed by atoms with Crippen LogP contribution < -0.4 is 10.1 Å². The van der Waals surface area contributed by atoms with Gasteiger partial charge in [0.2, 0.25) is 0 Å². The molecule has 2 atom stereocenters. The molecule has 1 aliphatic carbocycles. The number of nitrogens with one attached hydrogen (secondary N) is 1. The molecule has 0 heterocycles. The molecule has 2 nitrogen and oxygen atoms in total. The highest BCUT2D eigenvalue weighted by Gasteiger charge is 2.25. The predicted molar refractivity (Wildman–Crippen MR) is 76.2 cm³/mol. The van der Waals surface area contributed by atoms with Gasteiger partial charge in [-0.25, -0.2) is 0 Å². The maximum absolute atomic E-state index is 5.24. The van der Waals surface area contributed by atoms with Crippen LogP contribution in [0.15, 0.2) is 24.3 Å². The number of hydrogen-bond donors (Lipinski definition) is 1. The van der Waals surface area contributed by atoms with E-state index in [1.807, 2.05) is 0 Å². The van der Waals surface area contributed by atoms with Gasteiger partial charge in [-0.3, -0.25) is 0 Å². The van der Waals surface area contributed by atoms with Gasteiger partial charge in [0.1, 0.15) is 5.75 Å². The summed E-state index contributed by atoms with van der Waals surface area (Å²) in [6, 6.07) is 8.67. The van der Waals surface area contributed by atoms with E-state index in [-0.39, 0.29) is 0 Å². The molecule has 0 saturated heterocycles. The second kappa shape index (κ2) is 6.79. The molecule has 2 heteroatoms. The fourth-order valence-corrected chi connectivity index (χ4v) is 3.07. The molecule has 1 saturated carbocycles. The van der Waals surface area contributed by atoms with E-state index in [2.05, 4.69) is 36.5 Å². The molecule has 0 spiro atoms. The van der Waals surface area contributed by atoms with Gasteiger partial charge in [-0.05, 0) is 55.5 Å². The average molecular weight is 247 g/mol. The van der Waals surface area contributed by atoms with Crippen molar-refractivity contribution >= 4 is 0 Å². The van der Waals surface area contributed by atoms with Gasteiger partial charge in [-0.15, -0.1) is 0 Å². The Kier molecular flexibility index (Phi) is 5.06. The van der Waals surface area contributed by atoms with Crippen molar-refractivity contribution in [2.24, 2.45) is 5.92 Å². The molecule has 1 aromatic carbocycles. The maximum Gasteiger partial charge on any atom is 0.118 e. The van der Waals surface area contributed by atoms with Crippen LogP contribution in [0.25, 0.3) is 0 Å². The lowest BCUT2D eigenvalue weighted by Gasteiger charge is -2.32. The lowest BCUT2D eigenvalue weighted by atomic mass is 9.75. The Balaban J connectivity index is 2.06. The minimum atomic E-state index is 0.726. The monoisotopic (exact) mass is 247 g/mol. The zero-order valence-corrected chi connectivity index (χ0v) is 11.6. The van der Waals surface area contributed by atoms with Gasteiger partial charge in [0, 0.05) is 0 Å². The van der Waals surface area contributed by atoms with Gasteiger partial charge >= 0.3 is 0 Å². The van der Waals surface area contributed by atoms with Crippen LogP contribution in [0.2, 0.25) is 0 Å². The molecule has 1 N–H and O–H groups in total. The van der Waals surface area contributed by atoms with Crippen molar-refractivity contribution in [3.63, 3.8) is 0 Å². The molecule has 0 aliphatic heterocycles. The fourth-order valence-electron chi connectivity index (χ4n) is 3.07. The van der Waals surface area contributed by atoms with Crippen molar-refractivity contribution in [1.29, 1.82) is 0 Å². The van der Waals surface area contributed by atoms with Crippen LogP contribution in [-0.4, -0.2) is 20.2 Å². The zero-order chi connectivity index (χ0) is 12.8. The Hall–Kier alpha value is -1.02. The van der Waals surface area contributed by atoms with Gasteiger partial charge in [0.15, 0.2) is 0 Å². The highest BCUT2D eigenvalue weighted by atomic mass is 16.5. The Morgan fingerprint density at radius 3 is 2.56 bits per heavy atom. The van der Waals surface area contributed by atoms with Crippen LogP contribution >= 0.6 is 0 Å². The lowest BCUT2D eigenvalue weighted by molar-refractivity contribution is 0.297. The van der Waals surface area contributed by atoms with Crippen LogP contribution in [0.1, 0.15) is 44.1 Å². The second-order valence-electron chi connectivity index (χ2n) is 5.23. The number of hydrogen-bond acceptors (Lipinski definition) is 2. The highest BCUT2D eigenvalue weighted by Crippen LogP contribution is 2.37. The van der Waals surface area contributed by atoms with Crippen molar-refractivity contribution in [3.05, 3.63) is 29.8 Å². The third-order valence-corrected chi connectivity index (χ3v) is 4.11. The van der Waals surface area contributed by atoms with Gasteiger partial charge in [-0.2, -0.15) is 0 Å². The van der Waals surface area contributed by atoms with E-state index in [1.54, 1.807) is 7.11 Å². The number of benzene rings is 1. The highest BCUT2D eigenvalue weighted by molar-refractivity contribution is 5.30. The summed E-state index contributed by atoms with van der Waals surface area (Å²) in [4.78, 5) is 0. The minimum Gasteiger partial charge on any atom is -0.497 e. The molecular formula is C16H25NO. The molecule has 2 unspecified atom stereocenters. The first-order valence-corrected chi connectivity index (χ1v) is 7.19. The summed E-state index contributed by atoms with van der Waals surface area (Å²) in [5.41, 5.74) is 1.48. The van der Waals surface area contributed by atoms with E-state index >= 15 is 0 Å². The van der Waals surface area contributed by atoms with Crippen molar-refractivity contribution in [2.75, 3.05) is 20.2 Å². The summed E-state index contributed by atoms with van der Waals surface area (Å²) >= 11 is 0. The Morgan fingerprint density at radius 1 is 1.17 bits per heavy atom. The quantitative estimate of drug-likeness (QED) is 0.858. The second-order valence-corrected chi connectivity index (χ2v) is 5.23. The van der Waals surface area contributed by atoms with E-state index in [0.29, 0.717) is 0 Å². The summed E-state index contributed by atoms with van der Waals surface area (Å²) in [6.45, 7) is 4.42. The molecule has 1 aromatic rings. The number of rotatable bonds is 5. The molecule has 2 rings (SSSR count). The first-order chi connectivity index (χ1) is 8.85. The molecule has 18 heavy (non-hydrogen) atoms. The molecule has 1 fully saturated rings. The van der Waals surface area contributed by atoms with Crippen LogP contribution in [-0.2, 0) is 0 Å². The number of ether oxygens (including phenoxy) is 1. The Bertz CT molecular complexity index is 347. The third kappa shape index (κ3) is 3.26. The van der Waals surface area contributed by atoms with E-state index in [4.69, 9.17) is 4.74 Å². The van der Waals surface area contributed by atoms with Crippen LogP contribution in [0.3, 0.4) is 0 Å². The van der Waals surface area contributed by atoms with Crippen molar-refractivity contribution in [1.82, 2.24) is 5.32 Å². The average Bonchev–Trinajstić information content (AvgIpc) is 2.45. The van der Waals surface area contributed by atoms with Gasteiger partial charge in [0.05, 0.1) is 7.11 Å². The summed E-state index contributed by atoms with van der Waals surface area (Å²) in [5.74, 6) is 2.48. The SMILES string of the molecule is CCNCC1CCCCC1c1ccc(OC)cc1. The van der Waals surface area contributed by atoms with Crippen molar-refractivity contribution in [2.45, 2.75) is 38.5 Å². The Labute approximate surface area is 111 Å². The molecule has 1 aliphatic rings. The summed E-state index contributed by atoms with van der Waals surface area (Å²) in [5, 5.41) is 3.52. The van der Waals surface area contributed by atoms with E-state index < -0.39 is 0 Å². The third-order valence-electron chi connectivity index (χ3n) is 4.11. The van der Waals surface area contributed by atoms with Crippen LogP contribution in [0.5, 0.6) is 5.75 Å². The zero-order valence-electron chi connectivity index (χ0n) is 11.6. The van der Waals surface area contributed by atoms with Crippen LogP contribution in [0, 0.1) is 5.92 Å². The topological polar surface area (TPSA) is 21.3 Å². The summed E-state index contributed by atoms with van der Waals surface area (Å²) < 4.78 is 5.24. The fraction of sp³-hybridized carbons (Fsp3) is 0.625. The molecule has 0 aromatic heterocycles. The van der Waals surface area contributed by atoms with E-state index in [0.717, 1.165) is 30.7 Å². The standard InChI is InChI=1S/C16H25NO/c1-3-17-12-14-6-4-5-7-16(14)13-8-10-15(18-2)11-9-13/h8-11,14,16-17H,3-7,12H2,1-2H3. The molecule has 0 radical (unpaired) electrons. The maximum atomic E-state index is 5.24. The van der Waals surface area contributed by atoms with E-state index in [1.165, 1.54) is 31.2 Å². The predicted octanol–water partition coefficient (Wildman–Crippen LogP) is 3.58. The minimum absolute atomic E-state index is 0.726. The summed E-state index contributed by atoms with van der Waals surface area (Å²) in [7, 11) is 1.73. The van der Waals surface area contributed by atoms with Gasteiger partial charge in [-0.1, -0.05) is 31.9 Å². The van der Waals surface area contributed by atoms with Gasteiger partial charge < -0.3 is 10.1 Å². The lowest BCUT2D eigenvalue weighted by Crippen LogP contribution is -2.29. The molecule has 0 bridgehead atoms.